The minimum Gasteiger partial charge on any atom is -0.479 e. The van der Waals surface area contributed by atoms with Crippen molar-refractivity contribution in [3.05, 3.63) is 70.0 Å². The molecule has 0 radical (unpaired) electrons. The van der Waals surface area contributed by atoms with E-state index in [0.29, 0.717) is 24.3 Å². The molecule has 1 aromatic carbocycles. The lowest BCUT2D eigenvalue weighted by atomic mass is 9.78. The number of carboxylic acids is 1. The number of nitrogens with zero attached hydrogens (tertiary/aromatic N) is 3. The molecule has 9 heteroatoms. The Labute approximate surface area is 211 Å². The van der Waals surface area contributed by atoms with Crippen LogP contribution in [0.4, 0.5) is 5.82 Å². The van der Waals surface area contributed by atoms with Crippen LogP contribution >= 0.6 is 15.9 Å². The van der Waals surface area contributed by atoms with Gasteiger partial charge in [-0.15, -0.1) is 0 Å². The van der Waals surface area contributed by atoms with Gasteiger partial charge in [0.25, 0.3) is 0 Å². The SMILES string of the molecule is CC1NC(c2ccccc2)=CC=C1c1cnn2c(N)c(Br)c(C3CCC(C(O)C(=O)O)CC3)nc12. The number of nitrogens with two attached hydrogens (primary N) is 1. The van der Waals surface area contributed by atoms with Crippen LogP contribution < -0.4 is 11.1 Å². The van der Waals surface area contributed by atoms with E-state index in [1.54, 1.807) is 10.7 Å². The average Bonchev–Trinajstić information content (AvgIpc) is 3.30. The maximum absolute atomic E-state index is 11.2. The normalized spacial score (nSPS) is 23.3. The standard InChI is InChI=1S/C26H28BrN5O3/c1-14-18(11-12-20(30-14)15-5-3-2-4-6-15)19-13-29-32-24(28)21(27)22(31-25(19)32)16-7-9-17(10-8-16)23(33)26(34)35/h2-6,11-14,16-17,23,30,33H,7-10,28H2,1H3,(H,34,35). The number of carbonyl (C=O) groups is 1. The lowest BCUT2D eigenvalue weighted by Gasteiger charge is -2.30. The van der Waals surface area contributed by atoms with Crippen LogP contribution in [0.1, 0.15) is 55.3 Å². The van der Waals surface area contributed by atoms with Gasteiger partial charge in [-0.1, -0.05) is 36.4 Å². The van der Waals surface area contributed by atoms with Gasteiger partial charge in [-0.05, 0) is 71.7 Å². The Morgan fingerprint density at radius 1 is 1.20 bits per heavy atom. The third-order valence-electron chi connectivity index (χ3n) is 7.17. The number of dihydropyridines is 1. The summed E-state index contributed by atoms with van der Waals surface area (Å²) in [5.74, 6) is -0.784. The molecule has 0 amide bonds. The van der Waals surface area contributed by atoms with Gasteiger partial charge in [-0.3, -0.25) is 0 Å². The van der Waals surface area contributed by atoms with Crippen LogP contribution in [0.3, 0.4) is 0 Å². The molecule has 0 bridgehead atoms. The van der Waals surface area contributed by atoms with Crippen molar-refractivity contribution >= 4 is 44.6 Å². The van der Waals surface area contributed by atoms with Crippen LogP contribution in [0.5, 0.6) is 0 Å². The minimum atomic E-state index is -1.32. The molecule has 0 saturated heterocycles. The van der Waals surface area contributed by atoms with Gasteiger partial charge in [0.1, 0.15) is 5.82 Å². The molecule has 1 saturated carbocycles. The third kappa shape index (κ3) is 4.34. The van der Waals surface area contributed by atoms with Gasteiger partial charge in [0, 0.05) is 23.2 Å². The molecule has 3 aromatic rings. The lowest BCUT2D eigenvalue weighted by molar-refractivity contribution is -0.150. The number of allylic oxidation sites excluding steroid dienone is 2. The summed E-state index contributed by atoms with van der Waals surface area (Å²) in [6.45, 7) is 2.11. The molecule has 5 N–H and O–H groups in total. The van der Waals surface area contributed by atoms with Gasteiger partial charge in [0.05, 0.1) is 16.4 Å². The van der Waals surface area contributed by atoms with Gasteiger partial charge in [-0.2, -0.15) is 9.61 Å². The third-order valence-corrected chi connectivity index (χ3v) is 7.98. The number of aromatic nitrogens is 3. The van der Waals surface area contributed by atoms with E-state index in [0.717, 1.165) is 45.4 Å². The first-order valence-corrected chi connectivity index (χ1v) is 12.6. The zero-order chi connectivity index (χ0) is 24.7. The molecule has 2 atom stereocenters. The Morgan fingerprint density at radius 3 is 2.57 bits per heavy atom. The van der Waals surface area contributed by atoms with Crippen molar-refractivity contribution in [3.63, 3.8) is 0 Å². The highest BCUT2D eigenvalue weighted by Gasteiger charge is 2.33. The maximum Gasteiger partial charge on any atom is 0.332 e. The molecule has 35 heavy (non-hydrogen) atoms. The Kier molecular flexibility index (Phi) is 6.37. The molecule has 2 unspecified atom stereocenters. The van der Waals surface area contributed by atoms with E-state index in [1.807, 2.05) is 18.2 Å². The van der Waals surface area contributed by atoms with E-state index < -0.39 is 12.1 Å². The summed E-state index contributed by atoms with van der Waals surface area (Å²) >= 11 is 3.63. The number of aliphatic carboxylic acids is 1. The highest BCUT2D eigenvalue weighted by atomic mass is 79.9. The fourth-order valence-corrected chi connectivity index (χ4v) is 5.77. The van der Waals surface area contributed by atoms with E-state index in [1.165, 1.54) is 0 Å². The van der Waals surface area contributed by atoms with E-state index in [2.05, 4.69) is 57.6 Å². The Balaban J connectivity index is 1.48. The predicted molar refractivity (Wildman–Crippen MR) is 138 cm³/mol. The van der Waals surface area contributed by atoms with Crippen LogP contribution in [-0.4, -0.2) is 42.9 Å². The minimum absolute atomic E-state index is 0.0475. The molecule has 1 aliphatic carbocycles. The number of aliphatic hydroxyl groups is 1. The first kappa shape index (κ1) is 23.6. The maximum atomic E-state index is 11.2. The second-order valence-corrected chi connectivity index (χ2v) is 10.1. The summed E-state index contributed by atoms with van der Waals surface area (Å²) in [5.41, 5.74) is 12.2. The number of aliphatic hydroxyl groups excluding tert-OH is 1. The van der Waals surface area contributed by atoms with E-state index >= 15 is 0 Å². The number of fused-ring (bicyclic) bond motifs is 1. The molecule has 5 rings (SSSR count). The van der Waals surface area contributed by atoms with Crippen LogP contribution in [0.2, 0.25) is 0 Å². The molecular formula is C26H28BrN5O3. The highest BCUT2D eigenvalue weighted by molar-refractivity contribution is 9.10. The van der Waals surface area contributed by atoms with Gasteiger partial charge >= 0.3 is 5.97 Å². The monoisotopic (exact) mass is 537 g/mol. The smallest absolute Gasteiger partial charge is 0.332 e. The van der Waals surface area contributed by atoms with Crippen molar-refractivity contribution in [2.24, 2.45) is 5.92 Å². The van der Waals surface area contributed by atoms with Crippen LogP contribution in [-0.2, 0) is 4.79 Å². The van der Waals surface area contributed by atoms with Crippen LogP contribution in [0.15, 0.2) is 53.2 Å². The summed E-state index contributed by atoms with van der Waals surface area (Å²) in [5, 5.41) is 27.2. The fraction of sp³-hybridized carbons (Fsp3) is 0.346. The van der Waals surface area contributed by atoms with E-state index in [9.17, 15) is 9.90 Å². The van der Waals surface area contributed by atoms with Crippen molar-refractivity contribution in [3.8, 4) is 0 Å². The molecule has 2 aromatic heterocycles. The fourth-order valence-electron chi connectivity index (χ4n) is 5.19. The van der Waals surface area contributed by atoms with E-state index in [-0.39, 0.29) is 17.9 Å². The Bertz CT molecular complexity index is 1330. The van der Waals surface area contributed by atoms with Crippen molar-refractivity contribution in [1.82, 2.24) is 19.9 Å². The Hall–Kier alpha value is -3.17. The summed E-state index contributed by atoms with van der Waals surface area (Å²) in [7, 11) is 0. The van der Waals surface area contributed by atoms with Crippen LogP contribution in [0.25, 0.3) is 16.9 Å². The molecule has 3 heterocycles. The average molecular weight is 538 g/mol. The quantitative estimate of drug-likeness (QED) is 0.384. The summed E-state index contributed by atoms with van der Waals surface area (Å²) < 4.78 is 2.38. The van der Waals surface area contributed by atoms with Crippen LogP contribution in [0, 0.1) is 5.92 Å². The van der Waals surface area contributed by atoms with Crippen molar-refractivity contribution in [2.45, 2.75) is 50.7 Å². The molecule has 1 fully saturated rings. The number of halogens is 1. The molecule has 0 spiro atoms. The summed E-state index contributed by atoms with van der Waals surface area (Å²) in [4.78, 5) is 16.2. The van der Waals surface area contributed by atoms with Crippen molar-refractivity contribution < 1.29 is 15.0 Å². The molecule has 2 aliphatic rings. The number of carboxylic acid groups (broad SMARTS) is 1. The first-order chi connectivity index (χ1) is 16.8. The summed E-state index contributed by atoms with van der Waals surface area (Å²) in [6.07, 6.45) is 7.41. The molecule has 1 aliphatic heterocycles. The topological polar surface area (TPSA) is 126 Å². The molecule has 182 valence electrons. The Morgan fingerprint density at radius 2 is 1.91 bits per heavy atom. The second-order valence-electron chi connectivity index (χ2n) is 9.32. The van der Waals surface area contributed by atoms with Crippen molar-refractivity contribution in [2.75, 3.05) is 5.73 Å². The number of nitrogen functional groups attached to an aromatic ring is 1. The predicted octanol–water partition coefficient (Wildman–Crippen LogP) is 4.21. The largest absolute Gasteiger partial charge is 0.479 e. The van der Waals surface area contributed by atoms with Gasteiger partial charge < -0.3 is 21.3 Å². The summed E-state index contributed by atoms with van der Waals surface area (Å²) in [6, 6.07) is 10.3. The zero-order valence-corrected chi connectivity index (χ0v) is 20.9. The van der Waals surface area contributed by atoms with Gasteiger partial charge in [-0.25, -0.2) is 9.78 Å². The van der Waals surface area contributed by atoms with Crippen molar-refractivity contribution in [1.29, 1.82) is 0 Å². The number of hydrogen-bond donors (Lipinski definition) is 4. The number of hydrogen-bond acceptors (Lipinski definition) is 6. The lowest BCUT2D eigenvalue weighted by Crippen LogP contribution is -2.32. The van der Waals surface area contributed by atoms with Gasteiger partial charge in [0.2, 0.25) is 0 Å². The number of benzene rings is 1. The van der Waals surface area contributed by atoms with Gasteiger partial charge in [0.15, 0.2) is 11.8 Å². The number of anilines is 1. The second kappa shape index (κ2) is 9.47. The number of rotatable bonds is 5. The molecular weight excluding hydrogens is 510 g/mol. The first-order valence-electron chi connectivity index (χ1n) is 11.8. The molecule has 8 nitrogen and oxygen atoms in total. The highest BCUT2D eigenvalue weighted by Crippen LogP contribution is 2.41. The zero-order valence-electron chi connectivity index (χ0n) is 19.4. The number of nitrogens with one attached hydrogen (secondary N) is 1. The van der Waals surface area contributed by atoms with E-state index in [4.69, 9.17) is 15.8 Å².